The molecule has 1 aliphatic rings. The molecule has 0 spiro atoms. The monoisotopic (exact) mass is 438 g/mol. The van der Waals surface area contributed by atoms with Gasteiger partial charge in [-0.05, 0) is 16.7 Å². The van der Waals surface area contributed by atoms with Crippen LogP contribution in [-0.2, 0) is 24.0 Å². The number of ether oxygens (including phenoxy) is 1. The van der Waals surface area contributed by atoms with E-state index in [1.165, 1.54) is 0 Å². The largest absolute Gasteiger partial charge is 0.394 e. The Hall–Kier alpha value is -2.21. The lowest BCUT2D eigenvalue weighted by Gasteiger charge is -2.44. The maximum absolute atomic E-state index is 12.2. The molecule has 3 N–H and O–H groups in total. The van der Waals surface area contributed by atoms with Gasteiger partial charge < -0.3 is 20.1 Å². The fraction of sp³-hybridized carbons (Fsp3) is 0.308. The number of halogens is 1. The summed E-state index contributed by atoms with van der Waals surface area (Å²) in [6.45, 7) is -0.469. The molecule has 0 bridgehead atoms. The van der Waals surface area contributed by atoms with Crippen LogP contribution in [-0.4, -0.2) is 44.3 Å². The summed E-state index contributed by atoms with van der Waals surface area (Å²) >= 11 is 7.04. The molecule has 0 aromatic heterocycles. The number of rotatable bonds is 7. The second-order valence-electron chi connectivity index (χ2n) is 8.29. The van der Waals surface area contributed by atoms with Gasteiger partial charge in [-0.15, -0.1) is 0 Å². The van der Waals surface area contributed by atoms with Crippen molar-refractivity contribution < 1.29 is 20.1 Å². The molecule has 0 radical (unpaired) electrons. The van der Waals surface area contributed by atoms with E-state index >= 15 is 0 Å². The Balaban J connectivity index is 1.80. The lowest BCUT2D eigenvalue weighted by atomic mass is 9.70. The normalized spacial score (nSPS) is 30.4. The molecule has 162 valence electrons. The van der Waals surface area contributed by atoms with Crippen molar-refractivity contribution in [2.24, 2.45) is 0 Å². The molecule has 1 aliphatic heterocycles. The Morgan fingerprint density at radius 2 is 1.10 bits per heavy atom. The van der Waals surface area contributed by atoms with E-state index in [9.17, 15) is 15.3 Å². The molecule has 1 fully saturated rings. The Bertz CT molecular complexity index is 984. The number of aliphatic hydroxyl groups is 3. The molecule has 0 saturated carbocycles. The first-order chi connectivity index (χ1) is 14.9. The van der Waals surface area contributed by atoms with E-state index in [4.69, 9.17) is 16.3 Å². The SMILES string of the molecule is OC[C@H]1OC(Cl)(Cc2ccccc2)[C@](O)(Cc2ccccc2)[C@@]1(O)Cc1ccccc1. The van der Waals surface area contributed by atoms with Gasteiger partial charge in [0.1, 0.15) is 17.3 Å². The summed E-state index contributed by atoms with van der Waals surface area (Å²) in [6.07, 6.45) is -0.718. The molecule has 31 heavy (non-hydrogen) atoms. The molecule has 0 amide bonds. The van der Waals surface area contributed by atoms with Crippen LogP contribution in [0.5, 0.6) is 0 Å². The van der Waals surface area contributed by atoms with E-state index < -0.39 is 29.0 Å². The molecular weight excluding hydrogens is 412 g/mol. The van der Waals surface area contributed by atoms with E-state index in [1.807, 2.05) is 91.0 Å². The summed E-state index contributed by atoms with van der Waals surface area (Å²) in [5.41, 5.74) is -1.18. The predicted octanol–water partition coefficient (Wildman–Crippen LogP) is 3.50. The van der Waals surface area contributed by atoms with E-state index in [0.717, 1.165) is 16.7 Å². The number of alkyl halides is 1. The van der Waals surface area contributed by atoms with Gasteiger partial charge in [-0.25, -0.2) is 0 Å². The highest BCUT2D eigenvalue weighted by atomic mass is 35.5. The number of aliphatic hydroxyl groups excluding tert-OH is 1. The summed E-state index contributed by atoms with van der Waals surface area (Å²) in [4.78, 5) is 0. The summed E-state index contributed by atoms with van der Waals surface area (Å²) in [7, 11) is 0. The maximum atomic E-state index is 12.2. The highest BCUT2D eigenvalue weighted by molar-refractivity contribution is 6.24. The van der Waals surface area contributed by atoms with Gasteiger partial charge in [0.05, 0.1) is 6.61 Å². The minimum Gasteiger partial charge on any atom is -0.394 e. The van der Waals surface area contributed by atoms with Gasteiger partial charge in [0.25, 0.3) is 0 Å². The highest BCUT2D eigenvalue weighted by Gasteiger charge is 2.71. The van der Waals surface area contributed by atoms with Gasteiger partial charge in [0.15, 0.2) is 5.06 Å². The fourth-order valence-electron chi connectivity index (χ4n) is 4.59. The van der Waals surface area contributed by atoms with E-state index in [2.05, 4.69) is 0 Å². The van der Waals surface area contributed by atoms with E-state index in [1.54, 1.807) is 0 Å². The van der Waals surface area contributed by atoms with Gasteiger partial charge >= 0.3 is 0 Å². The quantitative estimate of drug-likeness (QED) is 0.494. The van der Waals surface area contributed by atoms with Crippen molar-refractivity contribution in [3.63, 3.8) is 0 Å². The van der Waals surface area contributed by atoms with Gasteiger partial charge in [-0.3, -0.25) is 0 Å². The molecule has 0 aliphatic carbocycles. The first kappa shape index (κ1) is 22.0. The van der Waals surface area contributed by atoms with Crippen LogP contribution in [0.2, 0.25) is 0 Å². The molecule has 1 heterocycles. The number of hydrogen-bond donors (Lipinski definition) is 3. The first-order valence-electron chi connectivity index (χ1n) is 10.4. The molecule has 1 saturated heterocycles. The van der Waals surface area contributed by atoms with Gasteiger partial charge in [0.2, 0.25) is 0 Å². The molecule has 3 aromatic rings. The number of hydrogen-bond acceptors (Lipinski definition) is 4. The second-order valence-corrected chi connectivity index (χ2v) is 8.90. The van der Waals surface area contributed by atoms with Crippen molar-refractivity contribution in [3.8, 4) is 0 Å². The summed E-state index contributed by atoms with van der Waals surface area (Å²) in [5, 5.41) is 32.7. The van der Waals surface area contributed by atoms with Crippen LogP contribution < -0.4 is 0 Å². The zero-order valence-corrected chi connectivity index (χ0v) is 17.9. The highest BCUT2D eigenvalue weighted by Crippen LogP contribution is 2.53. The average molecular weight is 439 g/mol. The van der Waals surface area contributed by atoms with Crippen LogP contribution in [0.15, 0.2) is 91.0 Å². The number of benzene rings is 3. The standard InChI is InChI=1S/C26H27ClO4/c27-26(18-22-14-8-3-9-15-22)25(30,17-21-12-6-2-7-13-21)24(29,23(19-28)31-26)16-20-10-4-1-5-11-20/h1-15,23,28-30H,16-19H2/t23-,24-,25+,26?/m1/s1. The average Bonchev–Trinajstić information content (AvgIpc) is 2.93. The third-order valence-corrected chi connectivity index (χ3v) is 6.79. The van der Waals surface area contributed by atoms with Gasteiger partial charge in [0, 0.05) is 19.3 Å². The first-order valence-corrected chi connectivity index (χ1v) is 10.8. The predicted molar refractivity (Wildman–Crippen MR) is 121 cm³/mol. The smallest absolute Gasteiger partial charge is 0.178 e. The minimum atomic E-state index is -1.87. The van der Waals surface area contributed by atoms with Gasteiger partial charge in [-0.1, -0.05) is 103 Å². The zero-order valence-electron chi connectivity index (χ0n) is 17.2. The van der Waals surface area contributed by atoms with Crippen molar-refractivity contribution in [2.75, 3.05) is 6.61 Å². The summed E-state index contributed by atoms with van der Waals surface area (Å²) in [6, 6.07) is 28.3. The summed E-state index contributed by atoms with van der Waals surface area (Å²) in [5.74, 6) is 0. The zero-order chi connectivity index (χ0) is 22.0. The van der Waals surface area contributed by atoms with Crippen LogP contribution >= 0.6 is 11.6 Å². The Morgan fingerprint density at radius 3 is 1.55 bits per heavy atom. The van der Waals surface area contributed by atoms with Crippen molar-refractivity contribution >= 4 is 11.6 Å². The van der Waals surface area contributed by atoms with Crippen LogP contribution in [0, 0.1) is 0 Å². The van der Waals surface area contributed by atoms with Crippen molar-refractivity contribution in [3.05, 3.63) is 108 Å². The Morgan fingerprint density at radius 1 is 0.677 bits per heavy atom. The van der Waals surface area contributed by atoms with E-state index in [0.29, 0.717) is 0 Å². The lowest BCUT2D eigenvalue weighted by molar-refractivity contribution is -0.152. The van der Waals surface area contributed by atoms with Gasteiger partial charge in [-0.2, -0.15) is 0 Å². The van der Waals surface area contributed by atoms with Crippen LogP contribution in [0.25, 0.3) is 0 Å². The van der Waals surface area contributed by atoms with Crippen molar-refractivity contribution in [2.45, 2.75) is 41.6 Å². The van der Waals surface area contributed by atoms with Crippen LogP contribution in [0.4, 0.5) is 0 Å². The second kappa shape index (κ2) is 8.73. The van der Waals surface area contributed by atoms with Crippen LogP contribution in [0.1, 0.15) is 16.7 Å². The molecule has 4 atom stereocenters. The minimum absolute atomic E-state index is 0.0734. The third-order valence-electron chi connectivity index (χ3n) is 6.25. The van der Waals surface area contributed by atoms with Crippen molar-refractivity contribution in [1.82, 2.24) is 0 Å². The third kappa shape index (κ3) is 4.02. The summed E-state index contributed by atoms with van der Waals surface area (Å²) < 4.78 is 6.09. The molecule has 5 heteroatoms. The Labute approximate surface area is 187 Å². The lowest BCUT2D eigenvalue weighted by Crippen LogP contribution is -2.65. The van der Waals surface area contributed by atoms with Crippen molar-refractivity contribution in [1.29, 1.82) is 0 Å². The Kier molecular flexibility index (Phi) is 6.20. The van der Waals surface area contributed by atoms with Crippen LogP contribution in [0.3, 0.4) is 0 Å². The fourth-order valence-corrected chi connectivity index (χ4v) is 5.08. The molecule has 3 aromatic carbocycles. The molecule has 4 rings (SSSR count). The van der Waals surface area contributed by atoms with E-state index in [-0.39, 0.29) is 19.3 Å². The maximum Gasteiger partial charge on any atom is 0.178 e. The molecule has 1 unspecified atom stereocenters. The topological polar surface area (TPSA) is 69.9 Å². The molecule has 4 nitrogen and oxygen atoms in total. The molecular formula is C26H27ClO4.